The van der Waals surface area contributed by atoms with Gasteiger partial charge >= 0.3 is 0 Å². The lowest BCUT2D eigenvalue weighted by atomic mass is 10.3. The molecule has 0 amide bonds. The van der Waals surface area contributed by atoms with Crippen molar-refractivity contribution in [2.45, 2.75) is 4.90 Å². The van der Waals surface area contributed by atoms with Crippen LogP contribution in [0.25, 0.3) is 0 Å². The van der Waals surface area contributed by atoms with E-state index in [1.807, 2.05) is 4.72 Å². The smallest absolute Gasteiger partial charge is 0.265 e. The molecule has 10 heteroatoms. The Kier molecular flexibility index (Phi) is 3.61. The minimum Gasteiger partial charge on any atom is -0.398 e. The van der Waals surface area contributed by atoms with Crippen molar-refractivity contribution >= 4 is 43.8 Å². The number of thiazole rings is 1. The average molecular weight is 326 g/mol. The molecule has 2 aromatic rings. The third-order valence-corrected chi connectivity index (χ3v) is 4.56. The van der Waals surface area contributed by atoms with Crippen molar-refractivity contribution in [3.8, 4) is 0 Å². The van der Waals surface area contributed by atoms with E-state index in [2.05, 4.69) is 4.98 Å². The van der Waals surface area contributed by atoms with E-state index >= 15 is 0 Å². The Labute approximate surface area is 116 Å². The minimum absolute atomic E-state index is 0.169. The topological polar surface area (TPSA) is 85.1 Å². The van der Waals surface area contributed by atoms with E-state index in [-0.39, 0.29) is 15.8 Å². The maximum Gasteiger partial charge on any atom is 0.265 e. The average Bonchev–Trinajstić information content (AvgIpc) is 2.68. The summed E-state index contributed by atoms with van der Waals surface area (Å²) in [5, 5.41) is -1.21. The molecule has 0 saturated heterocycles. The molecule has 0 radical (unpaired) electrons. The van der Waals surface area contributed by atoms with Gasteiger partial charge in [-0.25, -0.2) is 17.8 Å². The van der Waals surface area contributed by atoms with Gasteiger partial charge in [-0.2, -0.15) is 4.39 Å². The first kappa shape index (κ1) is 14.0. The van der Waals surface area contributed by atoms with E-state index < -0.39 is 25.9 Å². The number of hydrogen-bond acceptors (Lipinski definition) is 5. The van der Waals surface area contributed by atoms with Crippen molar-refractivity contribution in [1.82, 2.24) is 4.98 Å². The molecule has 2 rings (SSSR count). The number of sulfonamides is 1. The fraction of sp³-hybridized carbons (Fsp3) is 0. The molecule has 19 heavy (non-hydrogen) atoms. The molecule has 0 saturated carbocycles. The third-order valence-electron chi connectivity index (χ3n) is 2.04. The maximum absolute atomic E-state index is 13.1. The highest BCUT2D eigenvalue weighted by Gasteiger charge is 2.21. The Balaban J connectivity index is 2.42. The lowest BCUT2D eigenvalue weighted by Gasteiger charge is -2.08. The summed E-state index contributed by atoms with van der Waals surface area (Å²) in [7, 11) is -4.11. The molecule has 0 aliphatic carbocycles. The van der Waals surface area contributed by atoms with Crippen LogP contribution < -0.4 is 10.5 Å². The van der Waals surface area contributed by atoms with Crippen molar-refractivity contribution in [3.05, 3.63) is 34.3 Å². The van der Waals surface area contributed by atoms with Crippen LogP contribution in [0, 0.1) is 10.9 Å². The largest absolute Gasteiger partial charge is 0.398 e. The molecule has 0 atom stereocenters. The molecule has 5 nitrogen and oxygen atoms in total. The second-order valence-electron chi connectivity index (χ2n) is 3.38. The zero-order valence-electron chi connectivity index (χ0n) is 9.02. The van der Waals surface area contributed by atoms with Crippen LogP contribution in [-0.2, 0) is 10.0 Å². The predicted molar refractivity (Wildman–Crippen MR) is 68.7 cm³/mol. The van der Waals surface area contributed by atoms with Crippen molar-refractivity contribution in [3.63, 3.8) is 0 Å². The summed E-state index contributed by atoms with van der Waals surface area (Å²) in [5.74, 6) is -0.835. The molecular weight excluding hydrogens is 320 g/mol. The first-order valence-electron chi connectivity index (χ1n) is 4.68. The number of nitrogens with one attached hydrogen (secondary N) is 1. The van der Waals surface area contributed by atoms with Gasteiger partial charge in [-0.1, -0.05) is 22.9 Å². The number of nitrogens with zero attached hydrogens (tertiary/aromatic N) is 1. The van der Waals surface area contributed by atoms with Gasteiger partial charge < -0.3 is 5.73 Å². The Morgan fingerprint density at radius 3 is 2.63 bits per heavy atom. The van der Waals surface area contributed by atoms with E-state index in [0.717, 1.165) is 18.3 Å². The Morgan fingerprint density at radius 1 is 1.37 bits per heavy atom. The number of anilines is 2. The summed E-state index contributed by atoms with van der Waals surface area (Å²) in [6, 6.07) is 1.66. The second-order valence-corrected chi connectivity index (χ2v) is 6.42. The Morgan fingerprint density at radius 2 is 2.05 bits per heavy atom. The summed E-state index contributed by atoms with van der Waals surface area (Å²) in [5.41, 5.74) is 5.11. The quantitative estimate of drug-likeness (QED) is 0.849. The summed E-state index contributed by atoms with van der Waals surface area (Å²) >= 11 is 6.01. The predicted octanol–water partition coefficient (Wildman–Crippen LogP) is 2.46. The molecule has 3 N–H and O–H groups in total. The number of hydrogen-bond donors (Lipinski definition) is 2. The van der Waals surface area contributed by atoms with E-state index in [0.29, 0.717) is 11.3 Å². The number of aromatic nitrogens is 1. The number of rotatable bonds is 3. The van der Waals surface area contributed by atoms with Crippen molar-refractivity contribution in [2.24, 2.45) is 0 Å². The van der Waals surface area contributed by atoms with Gasteiger partial charge in [0.2, 0.25) is 0 Å². The fourth-order valence-electron chi connectivity index (χ4n) is 1.25. The van der Waals surface area contributed by atoms with Crippen LogP contribution >= 0.6 is 22.9 Å². The van der Waals surface area contributed by atoms with Crippen LogP contribution in [0.15, 0.2) is 23.2 Å². The zero-order valence-corrected chi connectivity index (χ0v) is 11.4. The minimum atomic E-state index is -4.11. The molecule has 1 aromatic heterocycles. The van der Waals surface area contributed by atoms with Gasteiger partial charge in [-0.3, -0.25) is 4.72 Å². The summed E-state index contributed by atoms with van der Waals surface area (Å²) in [6.07, 6.45) is 0.865. The van der Waals surface area contributed by atoms with Crippen LogP contribution in [0.5, 0.6) is 0 Å². The summed E-state index contributed by atoms with van der Waals surface area (Å²) in [6.45, 7) is 0. The van der Waals surface area contributed by atoms with Crippen LogP contribution in [0.4, 0.5) is 19.6 Å². The van der Waals surface area contributed by atoms with E-state index in [1.54, 1.807) is 0 Å². The fourth-order valence-corrected chi connectivity index (χ4v) is 3.40. The highest BCUT2D eigenvalue weighted by Crippen LogP contribution is 2.28. The van der Waals surface area contributed by atoms with Crippen LogP contribution in [0.3, 0.4) is 0 Å². The van der Waals surface area contributed by atoms with E-state index in [1.165, 1.54) is 0 Å². The second kappa shape index (κ2) is 4.91. The normalized spacial score (nSPS) is 11.5. The zero-order chi connectivity index (χ0) is 14.2. The molecule has 0 aliphatic heterocycles. The third kappa shape index (κ3) is 2.94. The summed E-state index contributed by atoms with van der Waals surface area (Å²) in [4.78, 5) is 3.09. The van der Waals surface area contributed by atoms with Gasteiger partial charge in [0.15, 0.2) is 10.3 Å². The molecule has 0 aliphatic rings. The lowest BCUT2D eigenvalue weighted by Crippen LogP contribution is -2.15. The van der Waals surface area contributed by atoms with Gasteiger partial charge in [-0.05, 0) is 12.1 Å². The van der Waals surface area contributed by atoms with Gasteiger partial charge in [0, 0.05) is 0 Å². The first-order valence-corrected chi connectivity index (χ1v) is 7.36. The maximum atomic E-state index is 13.1. The van der Waals surface area contributed by atoms with Crippen molar-refractivity contribution < 1.29 is 17.2 Å². The van der Waals surface area contributed by atoms with E-state index in [9.17, 15) is 17.2 Å². The molecule has 0 bridgehead atoms. The summed E-state index contributed by atoms with van der Waals surface area (Å²) < 4.78 is 51.8. The van der Waals surface area contributed by atoms with Crippen LogP contribution in [0.2, 0.25) is 5.02 Å². The Hall–Kier alpha value is -1.45. The van der Waals surface area contributed by atoms with Gasteiger partial charge in [-0.15, -0.1) is 0 Å². The molecule has 0 spiro atoms. The van der Waals surface area contributed by atoms with Crippen molar-refractivity contribution in [2.75, 3.05) is 10.5 Å². The lowest BCUT2D eigenvalue weighted by molar-refractivity contribution is 0.600. The molecule has 0 fully saturated rings. The van der Waals surface area contributed by atoms with E-state index in [4.69, 9.17) is 17.3 Å². The SMILES string of the molecule is Nc1cc(F)c(Cl)cc1S(=O)(=O)Nc1ncc(F)s1. The molecule has 0 unspecified atom stereocenters. The molecular formula is C9H6ClF2N3O2S2. The van der Waals surface area contributed by atoms with Gasteiger partial charge in [0.25, 0.3) is 10.0 Å². The highest BCUT2D eigenvalue weighted by molar-refractivity contribution is 7.93. The number of halogens is 3. The first-order chi connectivity index (χ1) is 8.79. The standard InChI is InChI=1S/C9H6ClF2N3O2S2/c10-4-1-7(6(13)2-5(4)11)19(16,17)15-9-14-3-8(12)18-9/h1-3H,13H2,(H,14,15). The highest BCUT2D eigenvalue weighted by atomic mass is 35.5. The molecule has 1 aromatic carbocycles. The number of nitrogen functional groups attached to an aromatic ring is 1. The Bertz CT molecular complexity index is 733. The van der Waals surface area contributed by atoms with Gasteiger partial charge in [0.05, 0.1) is 16.9 Å². The van der Waals surface area contributed by atoms with Gasteiger partial charge in [0.1, 0.15) is 10.7 Å². The number of nitrogens with two attached hydrogens (primary N) is 1. The van der Waals surface area contributed by atoms with Crippen LogP contribution in [-0.4, -0.2) is 13.4 Å². The molecule has 1 heterocycles. The van der Waals surface area contributed by atoms with Crippen LogP contribution in [0.1, 0.15) is 0 Å². The monoisotopic (exact) mass is 325 g/mol. The molecule has 102 valence electrons. The number of benzene rings is 1. The van der Waals surface area contributed by atoms with Crippen molar-refractivity contribution in [1.29, 1.82) is 0 Å².